The first-order valence-corrected chi connectivity index (χ1v) is 5.16. The van der Waals surface area contributed by atoms with Gasteiger partial charge in [0.05, 0.1) is 0 Å². The van der Waals surface area contributed by atoms with E-state index in [4.69, 9.17) is 4.52 Å². The summed E-state index contributed by atoms with van der Waals surface area (Å²) in [6.07, 6.45) is 0. The van der Waals surface area contributed by atoms with Crippen molar-refractivity contribution in [1.82, 2.24) is 10.1 Å². The molecule has 0 spiro atoms. The fourth-order valence-corrected chi connectivity index (χ4v) is 1.01. The lowest BCUT2D eigenvalue weighted by atomic mass is 9.95. The van der Waals surface area contributed by atoms with Gasteiger partial charge in [-0.1, -0.05) is 46.7 Å². The van der Waals surface area contributed by atoms with Gasteiger partial charge in [-0.3, -0.25) is 0 Å². The summed E-state index contributed by atoms with van der Waals surface area (Å²) in [5, 5.41) is 4.00. The minimum Gasteiger partial charge on any atom is -0.339 e. The van der Waals surface area contributed by atoms with Gasteiger partial charge in [-0.15, -0.1) is 0 Å². The number of rotatable bonds is 2. The smallest absolute Gasteiger partial charge is 0.229 e. The fraction of sp³-hybridized carbons (Fsp3) is 0.818. The van der Waals surface area contributed by atoms with Crippen LogP contribution < -0.4 is 0 Å². The lowest BCUT2D eigenvalue weighted by molar-refractivity contribution is 0.324. The van der Waals surface area contributed by atoms with E-state index in [9.17, 15) is 0 Å². The fourth-order valence-electron chi connectivity index (χ4n) is 1.01. The molecule has 0 aliphatic rings. The molecule has 0 radical (unpaired) electrons. The van der Waals surface area contributed by atoms with Crippen molar-refractivity contribution in [3.05, 3.63) is 11.7 Å². The number of aromatic nitrogens is 2. The van der Waals surface area contributed by atoms with E-state index in [2.05, 4.69) is 51.7 Å². The zero-order valence-corrected chi connectivity index (χ0v) is 9.96. The molecule has 0 aromatic carbocycles. The Morgan fingerprint density at radius 3 is 2.07 bits per heavy atom. The van der Waals surface area contributed by atoms with Gasteiger partial charge in [0.1, 0.15) is 0 Å². The van der Waals surface area contributed by atoms with Crippen molar-refractivity contribution in [3.8, 4) is 0 Å². The first-order valence-electron chi connectivity index (χ1n) is 5.16. The number of nitrogens with zero attached hydrogens (tertiary/aromatic N) is 2. The standard InChI is InChI=1S/C11H20N2O/c1-7(2)8(3)9-12-10(13-14-9)11(4,5)6/h7-8H,1-6H3. The SMILES string of the molecule is CC(C)C(C)c1nc(C(C)(C)C)no1. The molecule has 1 heterocycles. The molecular formula is C11H20N2O. The summed E-state index contributed by atoms with van der Waals surface area (Å²) in [5.74, 6) is 2.41. The first kappa shape index (κ1) is 11.2. The van der Waals surface area contributed by atoms with Crippen molar-refractivity contribution in [2.24, 2.45) is 5.92 Å². The third-order valence-corrected chi connectivity index (χ3v) is 2.50. The van der Waals surface area contributed by atoms with Gasteiger partial charge in [-0.2, -0.15) is 4.98 Å². The molecule has 1 atom stereocenters. The van der Waals surface area contributed by atoms with Gasteiger partial charge < -0.3 is 4.52 Å². The van der Waals surface area contributed by atoms with Crippen molar-refractivity contribution in [3.63, 3.8) is 0 Å². The molecule has 0 aliphatic heterocycles. The highest BCUT2D eigenvalue weighted by molar-refractivity contribution is 5.02. The van der Waals surface area contributed by atoms with Crippen LogP contribution in [0.1, 0.15) is 59.2 Å². The minimum absolute atomic E-state index is 0.0293. The maximum Gasteiger partial charge on any atom is 0.229 e. The molecule has 0 fully saturated rings. The maximum absolute atomic E-state index is 5.25. The number of hydrogen-bond donors (Lipinski definition) is 0. The highest BCUT2D eigenvalue weighted by Crippen LogP contribution is 2.25. The van der Waals surface area contributed by atoms with Crippen LogP contribution in [0.4, 0.5) is 0 Å². The van der Waals surface area contributed by atoms with Gasteiger partial charge in [0, 0.05) is 11.3 Å². The van der Waals surface area contributed by atoms with Gasteiger partial charge in [-0.05, 0) is 5.92 Å². The van der Waals surface area contributed by atoms with Gasteiger partial charge >= 0.3 is 0 Å². The van der Waals surface area contributed by atoms with Gasteiger partial charge in [0.15, 0.2) is 5.82 Å². The molecular weight excluding hydrogens is 176 g/mol. The van der Waals surface area contributed by atoms with Crippen molar-refractivity contribution in [1.29, 1.82) is 0 Å². The van der Waals surface area contributed by atoms with Crippen molar-refractivity contribution < 1.29 is 4.52 Å². The molecule has 0 N–H and O–H groups in total. The molecule has 1 aromatic heterocycles. The second-order valence-electron chi connectivity index (χ2n) is 5.24. The largest absolute Gasteiger partial charge is 0.339 e. The van der Waals surface area contributed by atoms with Crippen LogP contribution in [0.3, 0.4) is 0 Å². The van der Waals surface area contributed by atoms with Crippen LogP contribution >= 0.6 is 0 Å². The Kier molecular flexibility index (Phi) is 2.98. The van der Waals surface area contributed by atoms with Gasteiger partial charge in [0.2, 0.25) is 5.89 Å². The topological polar surface area (TPSA) is 38.9 Å². The Labute approximate surface area is 85.9 Å². The van der Waals surface area contributed by atoms with E-state index in [-0.39, 0.29) is 5.41 Å². The van der Waals surface area contributed by atoms with Crippen LogP contribution in [0.25, 0.3) is 0 Å². The second kappa shape index (κ2) is 3.71. The van der Waals surface area contributed by atoms with Gasteiger partial charge in [-0.25, -0.2) is 0 Å². The summed E-state index contributed by atoms with van der Waals surface area (Å²) in [5.41, 5.74) is -0.0293. The quantitative estimate of drug-likeness (QED) is 0.729. The van der Waals surface area contributed by atoms with Crippen molar-refractivity contribution in [2.45, 2.75) is 52.9 Å². The van der Waals surface area contributed by atoms with E-state index in [0.717, 1.165) is 11.7 Å². The second-order valence-corrected chi connectivity index (χ2v) is 5.24. The Hall–Kier alpha value is -0.860. The molecule has 3 heteroatoms. The first-order chi connectivity index (χ1) is 6.32. The maximum atomic E-state index is 5.25. The van der Waals surface area contributed by atoms with E-state index in [1.54, 1.807) is 0 Å². The normalized spacial score (nSPS) is 14.8. The van der Waals surface area contributed by atoms with Crippen LogP contribution in [0.2, 0.25) is 0 Å². The minimum atomic E-state index is -0.0293. The van der Waals surface area contributed by atoms with Crippen LogP contribution in [0.5, 0.6) is 0 Å². The predicted octanol–water partition coefficient (Wildman–Crippen LogP) is 3.13. The third-order valence-electron chi connectivity index (χ3n) is 2.50. The summed E-state index contributed by atoms with van der Waals surface area (Å²) in [6, 6.07) is 0. The zero-order valence-electron chi connectivity index (χ0n) is 9.96. The molecule has 0 bridgehead atoms. The van der Waals surface area contributed by atoms with E-state index >= 15 is 0 Å². The van der Waals surface area contributed by atoms with Crippen molar-refractivity contribution in [2.75, 3.05) is 0 Å². The Morgan fingerprint density at radius 1 is 1.14 bits per heavy atom. The lowest BCUT2D eigenvalue weighted by Gasteiger charge is -2.12. The van der Waals surface area contributed by atoms with E-state index < -0.39 is 0 Å². The van der Waals surface area contributed by atoms with Crippen LogP contribution in [0.15, 0.2) is 4.52 Å². The molecule has 0 saturated carbocycles. The lowest BCUT2D eigenvalue weighted by Crippen LogP contribution is -2.13. The molecule has 0 amide bonds. The average Bonchev–Trinajstić information content (AvgIpc) is 2.49. The predicted molar refractivity (Wildman–Crippen MR) is 56.3 cm³/mol. The molecule has 3 nitrogen and oxygen atoms in total. The molecule has 80 valence electrons. The highest BCUT2D eigenvalue weighted by Gasteiger charge is 2.23. The summed E-state index contributed by atoms with van der Waals surface area (Å²) in [4.78, 5) is 4.42. The Balaban J connectivity index is 2.89. The molecule has 14 heavy (non-hydrogen) atoms. The van der Waals surface area contributed by atoms with Crippen LogP contribution in [0, 0.1) is 5.92 Å². The summed E-state index contributed by atoms with van der Waals surface area (Å²) >= 11 is 0. The summed E-state index contributed by atoms with van der Waals surface area (Å²) < 4.78 is 5.25. The monoisotopic (exact) mass is 196 g/mol. The van der Waals surface area contributed by atoms with E-state index in [1.165, 1.54) is 0 Å². The highest BCUT2D eigenvalue weighted by atomic mass is 16.5. The zero-order chi connectivity index (χ0) is 10.9. The van der Waals surface area contributed by atoms with E-state index in [1.807, 2.05) is 0 Å². The third kappa shape index (κ3) is 2.34. The van der Waals surface area contributed by atoms with E-state index in [0.29, 0.717) is 11.8 Å². The van der Waals surface area contributed by atoms with Crippen LogP contribution in [-0.2, 0) is 5.41 Å². The summed E-state index contributed by atoms with van der Waals surface area (Å²) in [7, 11) is 0. The molecule has 0 saturated heterocycles. The Morgan fingerprint density at radius 2 is 1.71 bits per heavy atom. The molecule has 0 aliphatic carbocycles. The van der Waals surface area contributed by atoms with Gasteiger partial charge in [0.25, 0.3) is 0 Å². The molecule has 1 unspecified atom stereocenters. The summed E-state index contributed by atoms with van der Waals surface area (Å²) in [6.45, 7) is 12.7. The molecule has 1 aromatic rings. The molecule has 1 rings (SSSR count). The average molecular weight is 196 g/mol. The Bertz CT molecular complexity index is 296. The number of hydrogen-bond acceptors (Lipinski definition) is 3. The van der Waals surface area contributed by atoms with Crippen LogP contribution in [-0.4, -0.2) is 10.1 Å². The van der Waals surface area contributed by atoms with Crippen molar-refractivity contribution >= 4 is 0 Å².